The Balaban J connectivity index is 3.06. The molecule has 1 aromatic carbocycles. The molecule has 0 atom stereocenters. The number of carboxylic acids is 1. The summed E-state index contributed by atoms with van der Waals surface area (Å²) in [6.07, 6.45) is 4.53. The first-order valence-corrected chi connectivity index (χ1v) is 6.41. The Hall–Kier alpha value is -1.83. The molecular formula is C17H22O2. The van der Waals surface area contributed by atoms with Crippen LogP contribution < -0.4 is 0 Å². The highest BCUT2D eigenvalue weighted by Crippen LogP contribution is 2.27. The van der Waals surface area contributed by atoms with E-state index in [4.69, 9.17) is 5.11 Å². The third-order valence-corrected chi connectivity index (χ3v) is 3.10. The average molecular weight is 258 g/mol. The fourth-order valence-electron chi connectivity index (χ4n) is 1.94. The number of hydrogen-bond donors (Lipinski definition) is 1. The van der Waals surface area contributed by atoms with Gasteiger partial charge >= 0.3 is 5.97 Å². The van der Waals surface area contributed by atoms with Crippen LogP contribution in [0.2, 0.25) is 0 Å². The van der Waals surface area contributed by atoms with E-state index in [-0.39, 0.29) is 5.41 Å². The van der Waals surface area contributed by atoms with Crippen LogP contribution in [0.15, 0.2) is 36.4 Å². The van der Waals surface area contributed by atoms with E-state index in [1.165, 1.54) is 11.1 Å². The first-order valence-electron chi connectivity index (χ1n) is 6.41. The summed E-state index contributed by atoms with van der Waals surface area (Å²) >= 11 is 0. The van der Waals surface area contributed by atoms with Gasteiger partial charge in [-0.1, -0.05) is 51.1 Å². The zero-order valence-corrected chi connectivity index (χ0v) is 12.3. The second-order valence-electron chi connectivity index (χ2n) is 5.83. The van der Waals surface area contributed by atoms with Crippen molar-refractivity contribution in [3.63, 3.8) is 0 Å². The monoisotopic (exact) mass is 258 g/mol. The Morgan fingerprint density at radius 2 is 1.89 bits per heavy atom. The average Bonchev–Trinajstić information content (AvgIpc) is 2.26. The van der Waals surface area contributed by atoms with Gasteiger partial charge in [-0.3, -0.25) is 0 Å². The zero-order chi connectivity index (χ0) is 14.6. The number of hydrogen-bond acceptors (Lipinski definition) is 1. The van der Waals surface area contributed by atoms with Crippen molar-refractivity contribution >= 4 is 11.5 Å². The number of allylic oxidation sites excluding steroid dienone is 3. The molecule has 0 heterocycles. The Morgan fingerprint density at radius 3 is 2.37 bits per heavy atom. The van der Waals surface area contributed by atoms with Crippen LogP contribution in [-0.4, -0.2) is 11.1 Å². The quantitative estimate of drug-likeness (QED) is 0.647. The highest BCUT2D eigenvalue weighted by atomic mass is 16.4. The summed E-state index contributed by atoms with van der Waals surface area (Å²) in [6, 6.07) is 6.45. The molecule has 0 bridgehead atoms. The third kappa shape index (κ3) is 4.40. The molecule has 0 aliphatic rings. The van der Waals surface area contributed by atoms with Gasteiger partial charge in [0.2, 0.25) is 0 Å². The van der Waals surface area contributed by atoms with Gasteiger partial charge in [-0.25, -0.2) is 4.79 Å². The van der Waals surface area contributed by atoms with Crippen LogP contribution in [0.1, 0.15) is 44.4 Å². The molecule has 0 unspecified atom stereocenters. The van der Waals surface area contributed by atoms with Crippen molar-refractivity contribution in [2.45, 2.75) is 40.0 Å². The molecule has 0 aliphatic heterocycles. The van der Waals surface area contributed by atoms with Crippen LogP contribution >= 0.6 is 0 Å². The second-order valence-corrected chi connectivity index (χ2v) is 5.83. The molecule has 0 spiro atoms. The lowest BCUT2D eigenvalue weighted by Crippen LogP contribution is -2.11. The number of aliphatic carboxylic acids is 1. The van der Waals surface area contributed by atoms with Gasteiger partial charge in [0, 0.05) is 6.08 Å². The molecule has 102 valence electrons. The minimum atomic E-state index is -0.927. The molecule has 1 aromatic rings. The van der Waals surface area contributed by atoms with Crippen molar-refractivity contribution < 1.29 is 9.90 Å². The molecule has 0 saturated heterocycles. The molecule has 0 aromatic heterocycles. The lowest BCUT2D eigenvalue weighted by molar-refractivity contribution is -0.131. The Kier molecular flexibility index (Phi) is 4.71. The first kappa shape index (κ1) is 15.2. The third-order valence-electron chi connectivity index (χ3n) is 3.10. The normalized spacial score (nSPS) is 13.0. The van der Waals surface area contributed by atoms with Crippen LogP contribution in [0.4, 0.5) is 0 Å². The number of carboxylic acid groups (broad SMARTS) is 1. The van der Waals surface area contributed by atoms with E-state index >= 15 is 0 Å². The number of carbonyl (C=O) groups is 1. The van der Waals surface area contributed by atoms with Crippen molar-refractivity contribution in [3.8, 4) is 0 Å². The molecular weight excluding hydrogens is 236 g/mol. The zero-order valence-electron chi connectivity index (χ0n) is 12.3. The van der Waals surface area contributed by atoms with Gasteiger partial charge in [-0.2, -0.15) is 0 Å². The van der Waals surface area contributed by atoms with E-state index in [1.807, 2.05) is 13.0 Å². The maximum absolute atomic E-state index is 10.4. The van der Waals surface area contributed by atoms with E-state index in [0.29, 0.717) is 0 Å². The summed E-state index contributed by atoms with van der Waals surface area (Å²) in [4.78, 5) is 10.4. The van der Waals surface area contributed by atoms with Crippen LogP contribution in [0.5, 0.6) is 0 Å². The molecule has 0 saturated carbocycles. The summed E-state index contributed by atoms with van der Waals surface area (Å²) in [5, 5.41) is 8.56. The van der Waals surface area contributed by atoms with E-state index in [0.717, 1.165) is 17.2 Å². The standard InChI is InChI=1S/C17H22O2/c1-12(7-6-8-16(18)19)15-10-9-14(11-13(15)2)17(3,4)5/h6-11H,1-5H3,(H,18,19)/b8-6+,12-7+. The highest BCUT2D eigenvalue weighted by molar-refractivity contribution is 5.81. The first-order chi connectivity index (χ1) is 8.71. The van der Waals surface area contributed by atoms with Crippen LogP contribution in [-0.2, 0) is 10.2 Å². The van der Waals surface area contributed by atoms with Crippen LogP contribution in [0.3, 0.4) is 0 Å². The largest absolute Gasteiger partial charge is 0.478 e. The highest BCUT2D eigenvalue weighted by Gasteiger charge is 2.14. The summed E-state index contributed by atoms with van der Waals surface area (Å²) in [6.45, 7) is 10.7. The lowest BCUT2D eigenvalue weighted by atomic mass is 9.84. The predicted molar refractivity (Wildman–Crippen MR) is 80.3 cm³/mol. The molecule has 1 N–H and O–H groups in total. The maximum Gasteiger partial charge on any atom is 0.328 e. The van der Waals surface area contributed by atoms with Crippen LogP contribution in [0, 0.1) is 6.92 Å². The number of rotatable bonds is 3. The van der Waals surface area contributed by atoms with E-state index in [1.54, 1.807) is 6.08 Å². The van der Waals surface area contributed by atoms with Gasteiger partial charge in [-0.15, -0.1) is 0 Å². The molecule has 2 nitrogen and oxygen atoms in total. The van der Waals surface area contributed by atoms with E-state index in [9.17, 15) is 4.79 Å². The summed E-state index contributed by atoms with van der Waals surface area (Å²) in [5.74, 6) is -0.927. The van der Waals surface area contributed by atoms with Gasteiger partial charge in [0.15, 0.2) is 0 Å². The SMILES string of the molecule is C/C(=C\C=C\C(=O)O)c1ccc(C(C)(C)C)cc1C. The Morgan fingerprint density at radius 1 is 1.26 bits per heavy atom. The fourth-order valence-corrected chi connectivity index (χ4v) is 1.94. The van der Waals surface area contributed by atoms with Crippen molar-refractivity contribution in [2.75, 3.05) is 0 Å². The van der Waals surface area contributed by atoms with E-state index < -0.39 is 5.97 Å². The minimum absolute atomic E-state index is 0.143. The van der Waals surface area contributed by atoms with Gasteiger partial charge in [0.05, 0.1) is 0 Å². The molecule has 2 heteroatoms. The number of aryl methyl sites for hydroxylation is 1. The maximum atomic E-state index is 10.4. The second kappa shape index (κ2) is 5.87. The number of benzene rings is 1. The molecule has 0 amide bonds. The predicted octanol–water partition coefficient (Wildman–Crippen LogP) is 4.34. The van der Waals surface area contributed by atoms with Crippen LogP contribution in [0.25, 0.3) is 5.57 Å². The van der Waals surface area contributed by atoms with Gasteiger partial charge in [0.25, 0.3) is 0 Å². The Labute approximate surface area is 115 Å². The Bertz CT molecular complexity index is 529. The minimum Gasteiger partial charge on any atom is -0.478 e. The molecule has 19 heavy (non-hydrogen) atoms. The topological polar surface area (TPSA) is 37.3 Å². The summed E-state index contributed by atoms with van der Waals surface area (Å²) < 4.78 is 0. The smallest absolute Gasteiger partial charge is 0.328 e. The lowest BCUT2D eigenvalue weighted by Gasteiger charge is -2.20. The van der Waals surface area contributed by atoms with Gasteiger partial charge in [0.1, 0.15) is 0 Å². The summed E-state index contributed by atoms with van der Waals surface area (Å²) in [7, 11) is 0. The molecule has 0 radical (unpaired) electrons. The van der Waals surface area contributed by atoms with Gasteiger partial charge < -0.3 is 5.11 Å². The van der Waals surface area contributed by atoms with Crippen molar-refractivity contribution in [1.82, 2.24) is 0 Å². The van der Waals surface area contributed by atoms with Gasteiger partial charge in [-0.05, 0) is 41.5 Å². The van der Waals surface area contributed by atoms with Crippen molar-refractivity contribution in [1.29, 1.82) is 0 Å². The van der Waals surface area contributed by atoms with Crippen molar-refractivity contribution in [3.05, 3.63) is 53.1 Å². The van der Waals surface area contributed by atoms with E-state index in [2.05, 4.69) is 45.9 Å². The molecule has 0 fully saturated rings. The molecule has 0 aliphatic carbocycles. The summed E-state index contributed by atoms with van der Waals surface area (Å²) in [5.41, 5.74) is 4.88. The van der Waals surface area contributed by atoms with Crippen molar-refractivity contribution in [2.24, 2.45) is 0 Å². The fraction of sp³-hybridized carbons (Fsp3) is 0.353. The molecule has 1 rings (SSSR count).